The minimum Gasteiger partial charge on any atom is -0.332 e. The number of allylic oxidation sites excluding steroid dienone is 2. The molecule has 0 saturated carbocycles. The van der Waals surface area contributed by atoms with Crippen LogP contribution < -0.4 is 0 Å². The van der Waals surface area contributed by atoms with Crippen molar-refractivity contribution < 1.29 is 4.79 Å². The Hall–Kier alpha value is -1.23. The van der Waals surface area contributed by atoms with Crippen molar-refractivity contribution >= 4 is 5.91 Å². The van der Waals surface area contributed by atoms with E-state index in [4.69, 9.17) is 0 Å². The molecule has 1 aliphatic heterocycles. The maximum atomic E-state index is 11.7. The summed E-state index contributed by atoms with van der Waals surface area (Å²) >= 11 is 0. The lowest BCUT2D eigenvalue weighted by Gasteiger charge is -2.09. The normalized spacial score (nSPS) is 14.1. The van der Waals surface area contributed by atoms with Gasteiger partial charge in [-0.15, -0.1) is 0 Å². The summed E-state index contributed by atoms with van der Waals surface area (Å²) in [6, 6.07) is 0. The van der Waals surface area contributed by atoms with Crippen LogP contribution in [-0.2, 0) is 4.79 Å². The van der Waals surface area contributed by atoms with Crippen LogP contribution >= 0.6 is 0 Å². The lowest BCUT2D eigenvalue weighted by Crippen LogP contribution is -2.25. The molecule has 1 fully saturated rings. The van der Waals surface area contributed by atoms with Crippen LogP contribution in [0.15, 0.2) is 12.2 Å². The molecule has 1 rings (SSSR count). The van der Waals surface area contributed by atoms with Gasteiger partial charge in [0.2, 0.25) is 0 Å². The summed E-state index contributed by atoms with van der Waals surface area (Å²) < 4.78 is 0. The zero-order chi connectivity index (χ0) is 17.3. The Labute approximate surface area is 150 Å². The molecule has 0 atom stereocenters. The summed E-state index contributed by atoms with van der Waals surface area (Å²) in [7, 11) is 0. The zero-order valence-electron chi connectivity index (χ0n) is 15.8. The van der Waals surface area contributed by atoms with Crippen LogP contribution in [0.1, 0.15) is 96.8 Å². The van der Waals surface area contributed by atoms with E-state index in [1.807, 2.05) is 4.90 Å². The second kappa shape index (κ2) is 15.3. The first kappa shape index (κ1) is 20.8. The Kier molecular flexibility index (Phi) is 13.3. The molecule has 24 heavy (non-hydrogen) atoms. The van der Waals surface area contributed by atoms with Gasteiger partial charge in [-0.1, -0.05) is 63.5 Å². The predicted molar refractivity (Wildman–Crippen MR) is 104 cm³/mol. The third-order valence-corrected chi connectivity index (χ3v) is 4.65. The van der Waals surface area contributed by atoms with Crippen molar-refractivity contribution in [2.45, 2.75) is 96.8 Å². The topological polar surface area (TPSA) is 20.3 Å². The van der Waals surface area contributed by atoms with Crippen molar-refractivity contribution in [2.24, 2.45) is 0 Å². The van der Waals surface area contributed by atoms with Crippen LogP contribution in [0.4, 0.5) is 0 Å². The van der Waals surface area contributed by atoms with E-state index >= 15 is 0 Å². The largest absolute Gasteiger partial charge is 0.332 e. The summed E-state index contributed by atoms with van der Waals surface area (Å²) in [6.07, 6.45) is 22.1. The van der Waals surface area contributed by atoms with Gasteiger partial charge < -0.3 is 4.90 Å². The maximum absolute atomic E-state index is 11.7. The molecule has 0 aromatic heterocycles. The lowest BCUT2D eigenvalue weighted by molar-refractivity contribution is -0.124. The summed E-state index contributed by atoms with van der Waals surface area (Å²) in [6.45, 7) is 4.07. The van der Waals surface area contributed by atoms with Gasteiger partial charge in [-0.3, -0.25) is 4.79 Å². The van der Waals surface area contributed by atoms with Crippen molar-refractivity contribution in [3.05, 3.63) is 12.2 Å². The van der Waals surface area contributed by atoms with Crippen molar-refractivity contribution in [3.63, 3.8) is 0 Å². The van der Waals surface area contributed by atoms with Gasteiger partial charge in [-0.05, 0) is 50.9 Å². The van der Waals surface area contributed by atoms with E-state index in [0.29, 0.717) is 0 Å². The highest BCUT2D eigenvalue weighted by Gasteiger charge is 2.15. The SMILES string of the molecule is CCCCCCCCC=CCCCCCC#CC(=O)N1CCCC1. The molecule has 136 valence electrons. The number of likely N-dealkylation sites (tertiary alicyclic amines) is 1. The van der Waals surface area contributed by atoms with E-state index in [1.165, 1.54) is 64.2 Å². The average Bonchev–Trinajstić information content (AvgIpc) is 3.13. The first-order valence-electron chi connectivity index (χ1n) is 10.3. The van der Waals surface area contributed by atoms with Gasteiger partial charge in [-0.25, -0.2) is 0 Å². The first-order chi connectivity index (χ1) is 11.8. The van der Waals surface area contributed by atoms with Crippen LogP contribution in [0.25, 0.3) is 0 Å². The average molecular weight is 332 g/mol. The Morgan fingerprint density at radius 1 is 0.875 bits per heavy atom. The fourth-order valence-electron chi connectivity index (χ4n) is 3.07. The maximum Gasteiger partial charge on any atom is 0.298 e. The zero-order valence-corrected chi connectivity index (χ0v) is 15.8. The van der Waals surface area contributed by atoms with E-state index in [-0.39, 0.29) is 5.91 Å². The van der Waals surface area contributed by atoms with E-state index < -0.39 is 0 Å². The van der Waals surface area contributed by atoms with Gasteiger partial charge in [0.15, 0.2) is 0 Å². The molecule has 2 heteroatoms. The Balaban J connectivity index is 1.85. The van der Waals surface area contributed by atoms with Crippen molar-refractivity contribution in [3.8, 4) is 11.8 Å². The van der Waals surface area contributed by atoms with Gasteiger partial charge in [0.25, 0.3) is 5.91 Å². The predicted octanol–water partition coefficient (Wildman–Crippen LogP) is 5.87. The van der Waals surface area contributed by atoms with E-state index in [2.05, 4.69) is 30.9 Å². The van der Waals surface area contributed by atoms with Crippen LogP contribution in [0.2, 0.25) is 0 Å². The summed E-state index contributed by atoms with van der Waals surface area (Å²) in [4.78, 5) is 13.6. The number of unbranched alkanes of at least 4 members (excludes halogenated alkanes) is 10. The summed E-state index contributed by atoms with van der Waals surface area (Å²) in [5, 5.41) is 0. The third-order valence-electron chi connectivity index (χ3n) is 4.65. The van der Waals surface area contributed by atoms with E-state index in [9.17, 15) is 4.79 Å². The van der Waals surface area contributed by atoms with Crippen molar-refractivity contribution in [1.82, 2.24) is 4.90 Å². The Morgan fingerprint density at radius 2 is 1.46 bits per heavy atom. The minimum atomic E-state index is 0.0325. The first-order valence-corrected chi connectivity index (χ1v) is 10.3. The fourth-order valence-corrected chi connectivity index (χ4v) is 3.07. The molecule has 1 aliphatic rings. The van der Waals surface area contributed by atoms with E-state index in [0.717, 1.165) is 38.8 Å². The molecule has 0 aromatic rings. The standard InChI is InChI=1S/C22H37NO/c1-2-3-4-5-6-7-8-9-10-11-12-13-14-15-16-19-22(24)23-20-17-18-21-23/h9-10H,2-8,11-15,17-18,20-21H2,1H3. The van der Waals surface area contributed by atoms with E-state index in [1.54, 1.807) is 0 Å². The highest BCUT2D eigenvalue weighted by atomic mass is 16.2. The molecule has 0 bridgehead atoms. The highest BCUT2D eigenvalue weighted by molar-refractivity contribution is 5.93. The molecule has 0 unspecified atom stereocenters. The number of hydrogen-bond donors (Lipinski definition) is 0. The van der Waals surface area contributed by atoms with Crippen LogP contribution in [-0.4, -0.2) is 23.9 Å². The number of carbonyl (C=O) groups is 1. The molecule has 0 radical (unpaired) electrons. The lowest BCUT2D eigenvalue weighted by atomic mass is 10.1. The van der Waals surface area contributed by atoms with Gasteiger partial charge in [0, 0.05) is 19.5 Å². The molecular formula is C22H37NO. The fraction of sp³-hybridized carbons (Fsp3) is 0.773. The van der Waals surface area contributed by atoms with Crippen LogP contribution in [0, 0.1) is 11.8 Å². The second-order valence-corrected chi connectivity index (χ2v) is 6.93. The molecular weight excluding hydrogens is 294 g/mol. The van der Waals surface area contributed by atoms with Crippen molar-refractivity contribution in [1.29, 1.82) is 0 Å². The molecule has 0 N–H and O–H groups in total. The minimum absolute atomic E-state index is 0.0325. The van der Waals surface area contributed by atoms with Crippen LogP contribution in [0.3, 0.4) is 0 Å². The molecule has 0 aliphatic carbocycles. The van der Waals surface area contributed by atoms with Gasteiger partial charge in [0.1, 0.15) is 0 Å². The van der Waals surface area contributed by atoms with Gasteiger partial charge in [-0.2, -0.15) is 0 Å². The number of hydrogen-bond acceptors (Lipinski definition) is 1. The third kappa shape index (κ3) is 11.3. The van der Waals surface area contributed by atoms with Crippen LogP contribution in [0.5, 0.6) is 0 Å². The molecule has 0 spiro atoms. The number of nitrogens with zero attached hydrogens (tertiary/aromatic N) is 1. The second-order valence-electron chi connectivity index (χ2n) is 6.93. The molecule has 1 saturated heterocycles. The molecule has 1 amide bonds. The Morgan fingerprint density at radius 3 is 2.12 bits per heavy atom. The van der Waals surface area contributed by atoms with Gasteiger partial charge >= 0.3 is 0 Å². The molecule has 2 nitrogen and oxygen atoms in total. The molecule has 1 heterocycles. The quantitative estimate of drug-likeness (QED) is 0.249. The summed E-state index contributed by atoms with van der Waals surface area (Å²) in [5.74, 6) is 5.87. The van der Waals surface area contributed by atoms with Crippen molar-refractivity contribution in [2.75, 3.05) is 13.1 Å². The number of carbonyl (C=O) groups excluding carboxylic acids is 1. The highest BCUT2D eigenvalue weighted by Crippen LogP contribution is 2.09. The number of rotatable bonds is 12. The summed E-state index contributed by atoms with van der Waals surface area (Å²) in [5.41, 5.74) is 0. The molecule has 0 aromatic carbocycles. The Bertz CT molecular complexity index is 396. The smallest absolute Gasteiger partial charge is 0.298 e. The monoisotopic (exact) mass is 331 g/mol. The number of amides is 1. The van der Waals surface area contributed by atoms with Gasteiger partial charge in [0.05, 0.1) is 0 Å².